The molecule has 0 saturated heterocycles. The normalized spacial score (nSPS) is 10.7. The Bertz CT molecular complexity index is 818. The summed E-state index contributed by atoms with van der Waals surface area (Å²) in [6.45, 7) is 1.93. The van der Waals surface area contributed by atoms with Crippen LogP contribution in [0.25, 0.3) is 5.65 Å². The third-order valence-electron chi connectivity index (χ3n) is 3.48. The molecule has 1 amide bonds. The number of aromatic nitrogens is 2. The molecule has 0 spiro atoms. The van der Waals surface area contributed by atoms with Gasteiger partial charge >= 0.3 is 0 Å². The van der Waals surface area contributed by atoms with E-state index in [0.29, 0.717) is 5.56 Å². The largest absolute Gasteiger partial charge is 0.378 e. The van der Waals surface area contributed by atoms with Crippen molar-refractivity contribution < 1.29 is 4.79 Å². The van der Waals surface area contributed by atoms with Crippen molar-refractivity contribution in [2.75, 3.05) is 24.3 Å². The van der Waals surface area contributed by atoms with E-state index < -0.39 is 0 Å². The molecule has 0 fully saturated rings. The molecular formula is C17H18N4O. The van der Waals surface area contributed by atoms with E-state index in [1.807, 2.05) is 67.0 Å². The van der Waals surface area contributed by atoms with Gasteiger partial charge in [0.15, 0.2) is 0 Å². The molecule has 0 radical (unpaired) electrons. The molecule has 0 bridgehead atoms. The zero-order valence-electron chi connectivity index (χ0n) is 12.9. The number of rotatable bonds is 3. The highest BCUT2D eigenvalue weighted by Gasteiger charge is 2.08. The van der Waals surface area contributed by atoms with Crippen molar-refractivity contribution in [3.63, 3.8) is 0 Å². The van der Waals surface area contributed by atoms with E-state index in [0.717, 1.165) is 22.7 Å². The highest BCUT2D eigenvalue weighted by molar-refractivity contribution is 6.04. The Morgan fingerprint density at radius 1 is 1.18 bits per heavy atom. The fourth-order valence-corrected chi connectivity index (χ4v) is 2.30. The van der Waals surface area contributed by atoms with Gasteiger partial charge < -0.3 is 14.6 Å². The minimum atomic E-state index is -0.138. The number of anilines is 2. The molecule has 5 heteroatoms. The van der Waals surface area contributed by atoms with E-state index in [9.17, 15) is 4.79 Å². The molecule has 2 aromatic heterocycles. The number of hydrogen-bond acceptors (Lipinski definition) is 3. The number of nitrogens with one attached hydrogen (secondary N) is 1. The molecule has 2 heterocycles. The Hall–Kier alpha value is -2.82. The summed E-state index contributed by atoms with van der Waals surface area (Å²) in [5, 5.41) is 2.90. The number of hydrogen-bond donors (Lipinski definition) is 1. The molecule has 0 aliphatic rings. The second-order valence-electron chi connectivity index (χ2n) is 5.46. The summed E-state index contributed by atoms with van der Waals surface area (Å²) >= 11 is 0. The lowest BCUT2D eigenvalue weighted by Gasteiger charge is -2.13. The molecule has 112 valence electrons. The second-order valence-corrected chi connectivity index (χ2v) is 5.46. The molecule has 0 aliphatic carbocycles. The van der Waals surface area contributed by atoms with Gasteiger partial charge in [0.05, 0.1) is 5.69 Å². The van der Waals surface area contributed by atoms with Crippen LogP contribution in [0.3, 0.4) is 0 Å². The van der Waals surface area contributed by atoms with Gasteiger partial charge in [0, 0.05) is 43.4 Å². The van der Waals surface area contributed by atoms with Crippen LogP contribution in [-0.2, 0) is 0 Å². The quantitative estimate of drug-likeness (QED) is 0.808. The highest BCUT2D eigenvalue weighted by Crippen LogP contribution is 2.17. The summed E-state index contributed by atoms with van der Waals surface area (Å²) in [4.78, 5) is 18.7. The molecular weight excluding hydrogens is 276 g/mol. The number of fused-ring (bicyclic) bond motifs is 1. The summed E-state index contributed by atoms with van der Waals surface area (Å²) in [6, 6.07) is 11.3. The van der Waals surface area contributed by atoms with Crippen LogP contribution < -0.4 is 10.2 Å². The van der Waals surface area contributed by atoms with Crippen molar-refractivity contribution in [3.05, 3.63) is 60.0 Å². The number of amides is 1. The van der Waals surface area contributed by atoms with Crippen molar-refractivity contribution in [1.82, 2.24) is 9.38 Å². The monoisotopic (exact) mass is 294 g/mol. The first-order valence-electron chi connectivity index (χ1n) is 7.07. The summed E-state index contributed by atoms with van der Waals surface area (Å²) in [6.07, 6.45) is 3.77. The van der Waals surface area contributed by atoms with Gasteiger partial charge in [0.2, 0.25) is 0 Å². The topological polar surface area (TPSA) is 49.6 Å². The van der Waals surface area contributed by atoms with Crippen LogP contribution in [0.15, 0.2) is 48.8 Å². The van der Waals surface area contributed by atoms with Gasteiger partial charge in [-0.05, 0) is 43.3 Å². The highest BCUT2D eigenvalue weighted by atomic mass is 16.1. The zero-order valence-corrected chi connectivity index (χ0v) is 12.9. The van der Waals surface area contributed by atoms with Crippen molar-refractivity contribution >= 4 is 22.9 Å². The van der Waals surface area contributed by atoms with Crippen LogP contribution in [0.5, 0.6) is 0 Å². The fraction of sp³-hybridized carbons (Fsp3) is 0.176. The lowest BCUT2D eigenvalue weighted by Crippen LogP contribution is -2.13. The minimum absolute atomic E-state index is 0.138. The van der Waals surface area contributed by atoms with Crippen molar-refractivity contribution in [1.29, 1.82) is 0 Å². The number of carbonyl (C=O) groups excluding carboxylic acids is 1. The smallest absolute Gasteiger partial charge is 0.255 e. The molecule has 5 nitrogen and oxygen atoms in total. The minimum Gasteiger partial charge on any atom is -0.378 e. The molecule has 1 aromatic carbocycles. The number of imidazole rings is 1. The molecule has 1 N–H and O–H groups in total. The Labute approximate surface area is 129 Å². The van der Waals surface area contributed by atoms with Crippen LogP contribution in [-0.4, -0.2) is 29.4 Å². The number of carbonyl (C=O) groups is 1. The van der Waals surface area contributed by atoms with Crippen LogP contribution in [0.1, 0.15) is 16.1 Å². The van der Waals surface area contributed by atoms with Crippen LogP contribution in [0.2, 0.25) is 0 Å². The predicted octanol–water partition coefficient (Wildman–Crippen LogP) is 2.96. The van der Waals surface area contributed by atoms with Crippen LogP contribution in [0.4, 0.5) is 11.4 Å². The Morgan fingerprint density at radius 2 is 1.91 bits per heavy atom. The van der Waals surface area contributed by atoms with E-state index in [1.165, 1.54) is 0 Å². The van der Waals surface area contributed by atoms with E-state index in [2.05, 4.69) is 10.3 Å². The summed E-state index contributed by atoms with van der Waals surface area (Å²) in [5.74, 6) is -0.138. The van der Waals surface area contributed by atoms with E-state index in [4.69, 9.17) is 0 Å². The number of benzene rings is 1. The Balaban J connectivity index is 1.80. The Morgan fingerprint density at radius 3 is 2.59 bits per heavy atom. The SMILES string of the molecule is Cc1cn2ccc(C(=O)Nc3ccc(N(C)C)cc3)cc2n1. The molecule has 22 heavy (non-hydrogen) atoms. The van der Waals surface area contributed by atoms with Gasteiger partial charge in [-0.25, -0.2) is 4.98 Å². The average molecular weight is 294 g/mol. The summed E-state index contributed by atoms with van der Waals surface area (Å²) < 4.78 is 1.90. The molecule has 3 aromatic rings. The van der Waals surface area contributed by atoms with Gasteiger partial charge in [-0.3, -0.25) is 4.79 Å². The molecule has 0 unspecified atom stereocenters. The lowest BCUT2D eigenvalue weighted by atomic mass is 10.2. The van der Waals surface area contributed by atoms with Gasteiger partial charge in [-0.15, -0.1) is 0 Å². The van der Waals surface area contributed by atoms with Crippen molar-refractivity contribution in [3.8, 4) is 0 Å². The summed E-state index contributed by atoms with van der Waals surface area (Å²) in [5.41, 5.74) is 4.15. The van der Waals surface area contributed by atoms with Crippen molar-refractivity contribution in [2.45, 2.75) is 6.92 Å². The summed E-state index contributed by atoms with van der Waals surface area (Å²) in [7, 11) is 3.96. The molecule has 3 rings (SSSR count). The standard InChI is InChI=1S/C17H18N4O/c1-12-11-21-9-8-13(10-16(21)18-12)17(22)19-14-4-6-15(7-5-14)20(2)3/h4-11H,1-3H3,(H,19,22). The van der Waals surface area contributed by atoms with E-state index in [1.54, 1.807) is 12.1 Å². The predicted molar refractivity (Wildman–Crippen MR) is 88.7 cm³/mol. The molecule has 0 saturated carbocycles. The second kappa shape index (κ2) is 5.52. The van der Waals surface area contributed by atoms with Gasteiger partial charge in [0.25, 0.3) is 5.91 Å². The molecule has 0 aliphatic heterocycles. The van der Waals surface area contributed by atoms with E-state index >= 15 is 0 Å². The number of nitrogens with zero attached hydrogens (tertiary/aromatic N) is 3. The maximum absolute atomic E-state index is 12.3. The first-order chi connectivity index (χ1) is 10.5. The average Bonchev–Trinajstić information content (AvgIpc) is 2.86. The van der Waals surface area contributed by atoms with Crippen molar-refractivity contribution in [2.24, 2.45) is 0 Å². The molecule has 0 atom stereocenters. The van der Waals surface area contributed by atoms with Gasteiger partial charge in [-0.2, -0.15) is 0 Å². The first-order valence-corrected chi connectivity index (χ1v) is 7.07. The first kappa shape index (κ1) is 14.1. The number of pyridine rings is 1. The number of aryl methyl sites for hydroxylation is 1. The van der Waals surface area contributed by atoms with Crippen LogP contribution in [0, 0.1) is 6.92 Å². The maximum atomic E-state index is 12.3. The zero-order chi connectivity index (χ0) is 15.7. The van der Waals surface area contributed by atoms with Crippen LogP contribution >= 0.6 is 0 Å². The lowest BCUT2D eigenvalue weighted by molar-refractivity contribution is 0.102. The third-order valence-corrected chi connectivity index (χ3v) is 3.48. The Kier molecular flexibility index (Phi) is 3.55. The third kappa shape index (κ3) is 2.79. The van der Waals surface area contributed by atoms with Gasteiger partial charge in [0.1, 0.15) is 5.65 Å². The van der Waals surface area contributed by atoms with Gasteiger partial charge in [-0.1, -0.05) is 0 Å². The fourth-order valence-electron chi connectivity index (χ4n) is 2.30. The maximum Gasteiger partial charge on any atom is 0.255 e. The van der Waals surface area contributed by atoms with E-state index in [-0.39, 0.29) is 5.91 Å².